The summed E-state index contributed by atoms with van der Waals surface area (Å²) in [6.45, 7) is 5.64. The van der Waals surface area contributed by atoms with Crippen molar-refractivity contribution in [3.05, 3.63) is 34.1 Å². The van der Waals surface area contributed by atoms with Gasteiger partial charge in [0.2, 0.25) is 0 Å². The van der Waals surface area contributed by atoms with Gasteiger partial charge in [0.05, 0.1) is 18.2 Å². The number of carbonyl (C=O) groups is 1. The van der Waals surface area contributed by atoms with Crippen molar-refractivity contribution in [1.82, 2.24) is 9.97 Å². The quantitative estimate of drug-likeness (QED) is 0.359. The van der Waals surface area contributed by atoms with Crippen molar-refractivity contribution >= 4 is 17.7 Å². The average Bonchev–Trinajstić information content (AvgIpc) is 2.62. The normalized spacial score (nSPS) is 10.5. The zero-order valence-corrected chi connectivity index (χ0v) is 15.8. The summed E-state index contributed by atoms with van der Waals surface area (Å²) in [5, 5.41) is 9.71. The van der Waals surface area contributed by atoms with Crippen LogP contribution >= 0.6 is 11.8 Å². The van der Waals surface area contributed by atoms with E-state index in [0.717, 1.165) is 0 Å². The highest BCUT2D eigenvalue weighted by atomic mass is 32.2. The van der Waals surface area contributed by atoms with Crippen LogP contribution in [0.25, 0.3) is 11.3 Å². The largest absolute Gasteiger partial charge is 0.490 e. The van der Waals surface area contributed by atoms with Gasteiger partial charge in [0, 0.05) is 5.56 Å². The number of aromatic nitrogens is 2. The van der Waals surface area contributed by atoms with Crippen molar-refractivity contribution in [2.75, 3.05) is 12.9 Å². The van der Waals surface area contributed by atoms with Crippen molar-refractivity contribution < 1.29 is 14.3 Å². The van der Waals surface area contributed by atoms with Crippen molar-refractivity contribution in [3.63, 3.8) is 0 Å². The first kappa shape index (κ1) is 19.5. The molecule has 0 bridgehead atoms. The molecule has 2 rings (SSSR count). The Bertz CT molecular complexity index is 916. The van der Waals surface area contributed by atoms with Crippen molar-refractivity contribution in [2.24, 2.45) is 5.92 Å². The van der Waals surface area contributed by atoms with E-state index in [2.05, 4.69) is 9.97 Å². The zero-order valence-electron chi connectivity index (χ0n) is 15.0. The van der Waals surface area contributed by atoms with Crippen LogP contribution in [0.3, 0.4) is 0 Å². The highest BCUT2D eigenvalue weighted by Crippen LogP contribution is 2.33. The van der Waals surface area contributed by atoms with Crippen molar-refractivity contribution in [2.45, 2.75) is 25.9 Å². The molecule has 0 fully saturated rings. The minimum atomic E-state index is -0.505. The molecule has 0 radical (unpaired) electrons. The molecule has 0 saturated carbocycles. The van der Waals surface area contributed by atoms with Gasteiger partial charge in [0.1, 0.15) is 11.6 Å². The maximum absolute atomic E-state index is 12.1. The van der Waals surface area contributed by atoms with E-state index >= 15 is 0 Å². The maximum Gasteiger partial charge on any atom is 0.313 e. The van der Waals surface area contributed by atoms with Gasteiger partial charge in [-0.1, -0.05) is 25.6 Å². The number of hydrogen-bond donors (Lipinski definition) is 1. The Morgan fingerprint density at radius 2 is 2.12 bits per heavy atom. The number of nitriles is 1. The van der Waals surface area contributed by atoms with E-state index < -0.39 is 5.56 Å². The van der Waals surface area contributed by atoms with Crippen LogP contribution in [0.15, 0.2) is 28.2 Å². The minimum Gasteiger partial charge on any atom is -0.490 e. The molecule has 26 heavy (non-hydrogen) atoms. The number of nitrogens with one attached hydrogen (secondary N) is 1. The van der Waals surface area contributed by atoms with E-state index in [0.29, 0.717) is 23.1 Å². The number of rotatable bonds is 6. The van der Waals surface area contributed by atoms with Gasteiger partial charge < -0.3 is 14.5 Å². The van der Waals surface area contributed by atoms with Gasteiger partial charge in [-0.15, -0.1) is 0 Å². The number of carbonyl (C=O) groups excluding carboxylic acids is 1. The number of benzene rings is 1. The fraction of sp³-hybridized carbons (Fsp3) is 0.333. The second kappa shape index (κ2) is 8.54. The van der Waals surface area contributed by atoms with Crippen LogP contribution in [0.4, 0.5) is 0 Å². The van der Waals surface area contributed by atoms with Crippen LogP contribution in [0.1, 0.15) is 26.3 Å². The Balaban J connectivity index is 2.57. The van der Waals surface area contributed by atoms with Crippen LogP contribution in [0.2, 0.25) is 0 Å². The lowest BCUT2D eigenvalue weighted by molar-refractivity contribution is -0.137. The molecule has 1 heterocycles. The average molecular weight is 373 g/mol. The summed E-state index contributed by atoms with van der Waals surface area (Å²) in [6, 6.07) is 6.71. The predicted octanol–water partition coefficient (Wildman–Crippen LogP) is 2.99. The molecule has 7 nitrogen and oxygen atoms in total. The third-order valence-electron chi connectivity index (χ3n) is 3.40. The van der Waals surface area contributed by atoms with E-state index in [1.165, 1.54) is 11.8 Å². The molecule has 1 N–H and O–H groups in total. The molecule has 0 aliphatic heterocycles. The monoisotopic (exact) mass is 373 g/mol. The first-order valence-corrected chi connectivity index (χ1v) is 9.21. The van der Waals surface area contributed by atoms with Crippen LogP contribution in [-0.2, 0) is 4.79 Å². The molecule has 0 atom stereocenters. The first-order chi connectivity index (χ1) is 12.4. The molecule has 1 aromatic carbocycles. The van der Waals surface area contributed by atoms with Gasteiger partial charge in [-0.2, -0.15) is 5.26 Å². The number of ether oxygens (including phenoxy) is 2. The molecule has 0 unspecified atom stereocenters. The maximum atomic E-state index is 12.1. The smallest absolute Gasteiger partial charge is 0.313 e. The molecule has 8 heteroatoms. The first-order valence-electron chi connectivity index (χ1n) is 7.98. The molecule has 136 valence electrons. The number of aromatic amines is 1. The summed E-state index contributed by atoms with van der Waals surface area (Å²) in [5.74, 6) is -0.0402. The number of H-pyrrole nitrogens is 1. The third-order valence-corrected chi connectivity index (χ3v) is 3.98. The fourth-order valence-electron chi connectivity index (χ4n) is 2.10. The summed E-state index contributed by atoms with van der Waals surface area (Å²) in [5.41, 5.74) is 0.186. The Hall–Kier alpha value is -2.79. The van der Waals surface area contributed by atoms with Crippen LogP contribution in [-0.4, -0.2) is 28.8 Å². The van der Waals surface area contributed by atoms with Gasteiger partial charge in [-0.05, 0) is 31.4 Å². The van der Waals surface area contributed by atoms with Crippen molar-refractivity contribution in [1.29, 1.82) is 5.26 Å². The third kappa shape index (κ3) is 4.24. The molecule has 1 aromatic heterocycles. The molecule has 0 aliphatic rings. The predicted molar refractivity (Wildman–Crippen MR) is 98.4 cm³/mol. The van der Waals surface area contributed by atoms with Gasteiger partial charge in [0.25, 0.3) is 5.56 Å². The Morgan fingerprint density at radius 1 is 1.38 bits per heavy atom. The van der Waals surface area contributed by atoms with Gasteiger partial charge >= 0.3 is 5.97 Å². The number of nitrogens with zero attached hydrogens (tertiary/aromatic N) is 2. The minimum absolute atomic E-state index is 0.0860. The van der Waals surface area contributed by atoms with E-state index in [1.807, 2.05) is 6.07 Å². The van der Waals surface area contributed by atoms with E-state index in [-0.39, 0.29) is 28.9 Å². The SMILES string of the molecule is CCOc1cc(-c2nc(SC)[nH]c(=O)c2C#N)ccc1OC(=O)C(C)C. The van der Waals surface area contributed by atoms with Gasteiger partial charge in [-0.3, -0.25) is 9.59 Å². The van der Waals surface area contributed by atoms with Crippen LogP contribution in [0.5, 0.6) is 11.5 Å². The van der Waals surface area contributed by atoms with Crippen LogP contribution in [0, 0.1) is 17.2 Å². The van der Waals surface area contributed by atoms with E-state index in [4.69, 9.17) is 9.47 Å². The van der Waals surface area contributed by atoms with Gasteiger partial charge in [-0.25, -0.2) is 4.98 Å². The summed E-state index contributed by atoms with van der Waals surface area (Å²) < 4.78 is 10.9. The lowest BCUT2D eigenvalue weighted by atomic mass is 10.1. The molecule has 0 spiro atoms. The number of thioether (sulfide) groups is 1. The standard InChI is InChI=1S/C18H19N3O4S/c1-5-24-14-8-11(6-7-13(14)25-17(23)10(2)3)15-12(9-19)16(22)21-18(20-15)26-4/h6-8,10H,5H2,1-4H3,(H,20,21,22). The summed E-state index contributed by atoms with van der Waals surface area (Å²) in [6.07, 6.45) is 1.77. The highest BCUT2D eigenvalue weighted by Gasteiger charge is 2.18. The number of esters is 1. The molecule has 0 amide bonds. The zero-order chi connectivity index (χ0) is 19.3. The molecule has 0 aliphatic carbocycles. The second-order valence-electron chi connectivity index (χ2n) is 5.58. The molecular weight excluding hydrogens is 354 g/mol. The Labute approximate surface area is 155 Å². The summed E-state index contributed by atoms with van der Waals surface area (Å²) in [4.78, 5) is 30.8. The lowest BCUT2D eigenvalue weighted by Gasteiger charge is -2.13. The van der Waals surface area contributed by atoms with E-state index in [1.54, 1.807) is 45.2 Å². The summed E-state index contributed by atoms with van der Waals surface area (Å²) >= 11 is 1.26. The summed E-state index contributed by atoms with van der Waals surface area (Å²) in [7, 11) is 0. The molecular formula is C18H19N3O4S. The van der Waals surface area contributed by atoms with Gasteiger partial charge in [0.15, 0.2) is 16.7 Å². The lowest BCUT2D eigenvalue weighted by Crippen LogP contribution is -2.16. The Morgan fingerprint density at radius 3 is 2.69 bits per heavy atom. The molecule has 2 aromatic rings. The highest BCUT2D eigenvalue weighted by molar-refractivity contribution is 7.98. The number of hydrogen-bond acceptors (Lipinski definition) is 7. The van der Waals surface area contributed by atoms with Crippen molar-refractivity contribution in [3.8, 4) is 28.8 Å². The van der Waals surface area contributed by atoms with Crippen LogP contribution < -0.4 is 15.0 Å². The molecule has 0 saturated heterocycles. The Kier molecular flexibility index (Phi) is 6.41. The van der Waals surface area contributed by atoms with E-state index in [9.17, 15) is 14.9 Å². The topological polar surface area (TPSA) is 105 Å². The second-order valence-corrected chi connectivity index (χ2v) is 6.38. The fourth-order valence-corrected chi connectivity index (χ4v) is 2.47.